The van der Waals surface area contributed by atoms with E-state index in [1.165, 1.54) is 0 Å². The lowest BCUT2D eigenvalue weighted by Crippen LogP contribution is -2.37. The number of halogens is 2. The van der Waals surface area contributed by atoms with Gasteiger partial charge in [0.1, 0.15) is 19.7 Å². The first-order valence-corrected chi connectivity index (χ1v) is 9.30. The molecule has 1 unspecified atom stereocenters. The zero-order valence-corrected chi connectivity index (χ0v) is 13.3. The summed E-state index contributed by atoms with van der Waals surface area (Å²) in [7, 11) is -6.11. The van der Waals surface area contributed by atoms with Gasteiger partial charge < -0.3 is 0 Å². The van der Waals surface area contributed by atoms with E-state index in [1.807, 2.05) is 0 Å². The van der Waals surface area contributed by atoms with Crippen molar-refractivity contribution < 1.29 is 16.8 Å². The van der Waals surface area contributed by atoms with Crippen LogP contribution in [-0.4, -0.2) is 64.3 Å². The van der Waals surface area contributed by atoms with E-state index < -0.39 is 19.7 Å². The van der Waals surface area contributed by atoms with E-state index in [2.05, 4.69) is 0 Å². The third kappa shape index (κ3) is 12.7. The molecule has 0 radical (unpaired) electrons. The predicted molar refractivity (Wildman–Crippen MR) is 73.6 cm³/mol. The summed E-state index contributed by atoms with van der Waals surface area (Å²) in [5.74, 6) is -0.0400. The van der Waals surface area contributed by atoms with Crippen LogP contribution in [0.3, 0.4) is 0 Å². The van der Waals surface area contributed by atoms with E-state index in [-0.39, 0.29) is 42.5 Å². The standard InChI is InChI=1S/C8H18ClNO4S2.ClH/c1-8(9)10(4-6-15(2,11)12)5-7-16(3,13)14;/h8H,4-7H2,1-3H3;1H. The first-order chi connectivity index (χ1) is 7.01. The summed E-state index contributed by atoms with van der Waals surface area (Å²) in [6.45, 7) is 2.18. The van der Waals surface area contributed by atoms with Gasteiger partial charge in [-0.15, -0.1) is 24.0 Å². The molecule has 0 aromatic heterocycles. The summed E-state index contributed by atoms with van der Waals surface area (Å²) in [5, 5.41) is 0. The summed E-state index contributed by atoms with van der Waals surface area (Å²) in [6.07, 6.45) is 2.28. The van der Waals surface area contributed by atoms with Crippen molar-refractivity contribution in [2.45, 2.75) is 12.4 Å². The van der Waals surface area contributed by atoms with E-state index in [9.17, 15) is 16.8 Å². The number of sulfone groups is 2. The Morgan fingerprint density at radius 2 is 1.29 bits per heavy atom. The molecule has 1 atom stereocenters. The molecule has 0 heterocycles. The number of hydrogen-bond donors (Lipinski definition) is 0. The van der Waals surface area contributed by atoms with Crippen LogP contribution in [0.4, 0.5) is 0 Å². The van der Waals surface area contributed by atoms with Gasteiger partial charge in [-0.05, 0) is 6.92 Å². The lowest BCUT2D eigenvalue weighted by molar-refractivity contribution is 0.294. The quantitative estimate of drug-likeness (QED) is 0.499. The second-order valence-corrected chi connectivity index (χ2v) is 9.02. The molecule has 0 aliphatic rings. The highest BCUT2D eigenvalue weighted by Crippen LogP contribution is 2.04. The molecule has 0 aliphatic carbocycles. The Hall–Kier alpha value is 0.440. The molecule has 0 aromatic rings. The molecule has 106 valence electrons. The molecule has 0 rings (SSSR count). The minimum absolute atomic E-state index is 0. The van der Waals surface area contributed by atoms with Gasteiger partial charge in [0.25, 0.3) is 0 Å². The zero-order valence-electron chi connectivity index (χ0n) is 10.1. The van der Waals surface area contributed by atoms with Crippen LogP contribution >= 0.6 is 24.0 Å². The van der Waals surface area contributed by atoms with Crippen molar-refractivity contribution in [3.63, 3.8) is 0 Å². The maximum absolute atomic E-state index is 11.0. The van der Waals surface area contributed by atoms with Gasteiger partial charge in [-0.1, -0.05) is 0 Å². The maximum atomic E-state index is 11.0. The summed E-state index contributed by atoms with van der Waals surface area (Å²) in [5.41, 5.74) is -0.386. The van der Waals surface area contributed by atoms with Crippen molar-refractivity contribution in [2.24, 2.45) is 0 Å². The van der Waals surface area contributed by atoms with Crippen molar-refractivity contribution in [1.29, 1.82) is 0 Å². The highest BCUT2D eigenvalue weighted by atomic mass is 35.5. The van der Waals surface area contributed by atoms with Gasteiger partial charge in [0.2, 0.25) is 0 Å². The average molecular weight is 328 g/mol. The topological polar surface area (TPSA) is 71.5 Å². The molecule has 0 bridgehead atoms. The van der Waals surface area contributed by atoms with Gasteiger partial charge in [-0.25, -0.2) is 16.8 Å². The summed E-state index contributed by atoms with van der Waals surface area (Å²) >= 11 is 5.84. The van der Waals surface area contributed by atoms with Gasteiger partial charge in [0.05, 0.1) is 17.0 Å². The van der Waals surface area contributed by atoms with E-state index >= 15 is 0 Å². The molecule has 0 N–H and O–H groups in total. The van der Waals surface area contributed by atoms with E-state index in [0.717, 1.165) is 12.5 Å². The number of alkyl halides is 1. The van der Waals surface area contributed by atoms with Crippen molar-refractivity contribution in [1.82, 2.24) is 4.90 Å². The normalized spacial score (nSPS) is 14.4. The number of rotatable bonds is 7. The Morgan fingerprint density at radius 3 is 1.47 bits per heavy atom. The molecule has 0 aliphatic heterocycles. The van der Waals surface area contributed by atoms with Crippen LogP contribution in [-0.2, 0) is 19.7 Å². The zero-order chi connectivity index (χ0) is 13.0. The maximum Gasteiger partial charge on any atom is 0.148 e. The van der Waals surface area contributed by atoms with Gasteiger partial charge in [-0.2, -0.15) is 0 Å². The average Bonchev–Trinajstić information content (AvgIpc) is 1.98. The molecule has 0 fully saturated rings. The number of nitrogens with zero attached hydrogens (tertiary/aromatic N) is 1. The molecular weight excluding hydrogens is 309 g/mol. The Labute approximate surface area is 115 Å². The molecule has 9 heteroatoms. The first kappa shape index (κ1) is 19.8. The molecular formula is C8H19Cl2NO4S2. The third-order valence-corrected chi connectivity index (χ3v) is 4.13. The Bertz CT molecular complexity index is 369. The van der Waals surface area contributed by atoms with Crippen LogP contribution in [0.15, 0.2) is 0 Å². The summed E-state index contributed by atoms with van der Waals surface area (Å²) in [4.78, 5) is 1.63. The number of hydrogen-bond acceptors (Lipinski definition) is 5. The van der Waals surface area contributed by atoms with Gasteiger partial charge >= 0.3 is 0 Å². The van der Waals surface area contributed by atoms with Gasteiger partial charge in [0.15, 0.2) is 0 Å². The molecule has 0 amide bonds. The van der Waals surface area contributed by atoms with Gasteiger partial charge in [-0.3, -0.25) is 4.90 Å². The molecule has 0 spiro atoms. The van der Waals surface area contributed by atoms with Gasteiger partial charge in [0, 0.05) is 25.6 Å². The Kier molecular flexibility index (Phi) is 9.05. The molecule has 17 heavy (non-hydrogen) atoms. The van der Waals surface area contributed by atoms with E-state index in [4.69, 9.17) is 11.6 Å². The molecule has 5 nitrogen and oxygen atoms in total. The highest BCUT2D eigenvalue weighted by Gasteiger charge is 2.15. The van der Waals surface area contributed by atoms with Crippen molar-refractivity contribution >= 4 is 43.7 Å². The Balaban J connectivity index is 0. The lowest BCUT2D eigenvalue weighted by Gasteiger charge is -2.23. The first-order valence-electron chi connectivity index (χ1n) is 4.75. The molecule has 0 aromatic carbocycles. The SMILES string of the molecule is CC(Cl)N(CCS(C)(=O)=O)CCS(C)(=O)=O.Cl. The second-order valence-electron chi connectivity index (χ2n) is 3.87. The van der Waals surface area contributed by atoms with Crippen LogP contribution in [0.25, 0.3) is 0 Å². The summed E-state index contributed by atoms with van der Waals surface area (Å²) in [6, 6.07) is 0. The van der Waals surface area contributed by atoms with Crippen LogP contribution in [0, 0.1) is 0 Å². The largest absolute Gasteiger partial charge is 0.286 e. The van der Waals surface area contributed by atoms with Crippen molar-refractivity contribution in [3.8, 4) is 0 Å². The molecule has 0 saturated heterocycles. The van der Waals surface area contributed by atoms with Crippen LogP contribution in [0.2, 0.25) is 0 Å². The lowest BCUT2D eigenvalue weighted by atomic mass is 10.5. The smallest absolute Gasteiger partial charge is 0.148 e. The fraction of sp³-hybridized carbons (Fsp3) is 1.00. The van der Waals surface area contributed by atoms with Crippen LogP contribution < -0.4 is 0 Å². The highest BCUT2D eigenvalue weighted by molar-refractivity contribution is 7.90. The Morgan fingerprint density at radius 1 is 1.00 bits per heavy atom. The van der Waals surface area contributed by atoms with Crippen LogP contribution in [0.1, 0.15) is 6.92 Å². The fourth-order valence-corrected chi connectivity index (χ4v) is 2.36. The van der Waals surface area contributed by atoms with Crippen LogP contribution in [0.5, 0.6) is 0 Å². The second kappa shape index (κ2) is 7.78. The molecule has 0 saturated carbocycles. The van der Waals surface area contributed by atoms with E-state index in [0.29, 0.717) is 0 Å². The predicted octanol–water partition coefficient (Wildman–Crippen LogP) is 0.384. The van der Waals surface area contributed by atoms with Crippen molar-refractivity contribution in [3.05, 3.63) is 0 Å². The van der Waals surface area contributed by atoms with E-state index in [1.54, 1.807) is 11.8 Å². The fourth-order valence-electron chi connectivity index (χ4n) is 1.03. The third-order valence-electron chi connectivity index (χ3n) is 2.00. The minimum Gasteiger partial charge on any atom is -0.286 e. The summed E-state index contributed by atoms with van der Waals surface area (Å²) < 4.78 is 43.9. The minimum atomic E-state index is -3.06. The monoisotopic (exact) mass is 327 g/mol. The van der Waals surface area contributed by atoms with Crippen molar-refractivity contribution in [2.75, 3.05) is 37.1 Å².